The van der Waals surface area contributed by atoms with Crippen molar-refractivity contribution >= 4 is 35.8 Å². The number of nitrogens with zero attached hydrogens (tertiary/aromatic N) is 4. The molecule has 0 fully saturated rings. The molecule has 0 bridgehead atoms. The molecule has 160 valence electrons. The summed E-state index contributed by atoms with van der Waals surface area (Å²) in [5, 5.41) is 16.7. The topological polar surface area (TPSA) is 51.8 Å². The van der Waals surface area contributed by atoms with Crippen molar-refractivity contribution in [3.63, 3.8) is 0 Å². The van der Waals surface area contributed by atoms with Crippen molar-refractivity contribution in [2.24, 2.45) is 10.2 Å². The van der Waals surface area contributed by atoms with Crippen LogP contribution in [-0.2, 0) is 19.2 Å². The number of benzene rings is 2. The van der Waals surface area contributed by atoms with Crippen molar-refractivity contribution in [1.29, 1.82) is 5.26 Å². The van der Waals surface area contributed by atoms with E-state index in [2.05, 4.69) is 38.7 Å². The average Bonchev–Trinajstić information content (AvgIpc) is 3.46. The Labute approximate surface area is 187 Å². The predicted octanol–water partition coefficient (Wildman–Crippen LogP) is 5.55. The fourth-order valence-electron chi connectivity index (χ4n) is 3.73. The third kappa shape index (κ3) is 5.34. The van der Waals surface area contributed by atoms with Crippen LogP contribution in [0.2, 0.25) is 0 Å². The molecule has 2 aliphatic heterocycles. The second kappa shape index (κ2) is 10.6. The Morgan fingerprint density at radius 1 is 1.10 bits per heavy atom. The summed E-state index contributed by atoms with van der Waals surface area (Å²) >= 11 is 1.65. The molecule has 4 nitrogen and oxygen atoms in total. The first-order valence-electron chi connectivity index (χ1n) is 10.4. The summed E-state index contributed by atoms with van der Waals surface area (Å²) in [5.41, 5.74) is 6.00. The van der Waals surface area contributed by atoms with Crippen LogP contribution in [0, 0.1) is 11.2 Å². The van der Waals surface area contributed by atoms with E-state index >= 15 is 0 Å². The average molecular weight is 438 g/mol. The molecule has 0 atom stereocenters. The molecule has 0 aromatic heterocycles. The number of halogens is 2. The minimum atomic E-state index is -2.55. The highest BCUT2D eigenvalue weighted by atomic mass is 32.2. The third-order valence-electron chi connectivity index (χ3n) is 5.33. The van der Waals surface area contributed by atoms with E-state index in [9.17, 15) is 14.0 Å². The first kappa shape index (κ1) is 23.0. The monoisotopic (exact) mass is 438 g/mol. The molecule has 0 radical (unpaired) electrons. The van der Waals surface area contributed by atoms with Gasteiger partial charge in [0, 0.05) is 24.3 Å². The van der Waals surface area contributed by atoms with Crippen molar-refractivity contribution in [2.45, 2.75) is 45.9 Å². The van der Waals surface area contributed by atoms with Gasteiger partial charge in [0.2, 0.25) is 0 Å². The maximum atomic E-state index is 12.7. The Morgan fingerprint density at radius 2 is 1.81 bits per heavy atom. The van der Waals surface area contributed by atoms with Crippen molar-refractivity contribution in [2.75, 3.05) is 10.6 Å². The zero-order valence-corrected chi connectivity index (χ0v) is 18.8. The van der Waals surface area contributed by atoms with E-state index in [1.165, 1.54) is 11.1 Å². The molecule has 0 saturated carbocycles. The van der Waals surface area contributed by atoms with Gasteiger partial charge in [-0.15, -0.1) is 0 Å². The Morgan fingerprint density at radius 3 is 2.42 bits per heavy atom. The van der Waals surface area contributed by atoms with Crippen LogP contribution < -0.4 is 4.31 Å². The predicted molar refractivity (Wildman–Crippen MR) is 127 cm³/mol. The second-order valence-corrected chi connectivity index (χ2v) is 8.02. The highest BCUT2D eigenvalue weighted by Gasteiger charge is 2.26. The largest absolute Gasteiger partial charge is 0.312 e. The Hall–Kier alpha value is -2.66. The van der Waals surface area contributed by atoms with Crippen molar-refractivity contribution < 1.29 is 8.78 Å². The molecular formula is C23H25BF2N4S. The lowest BCUT2D eigenvalue weighted by Crippen LogP contribution is -2.14. The van der Waals surface area contributed by atoms with Gasteiger partial charge in [-0.3, -0.25) is 0 Å². The zero-order chi connectivity index (χ0) is 22.4. The fraction of sp³-hybridized carbons (Fsp3) is 0.348. The van der Waals surface area contributed by atoms with Gasteiger partial charge in [0.25, 0.3) is 13.1 Å². The number of hydrogen-bond donors (Lipinski definition) is 0. The van der Waals surface area contributed by atoms with Crippen molar-refractivity contribution in [3.05, 3.63) is 64.7 Å². The van der Waals surface area contributed by atoms with E-state index in [1.54, 1.807) is 11.9 Å². The Kier molecular flexibility index (Phi) is 7.86. The Balaban J connectivity index is 0.00000132. The van der Waals surface area contributed by atoms with E-state index in [-0.39, 0.29) is 18.8 Å². The number of nitriles is 1. The molecule has 2 aliphatic rings. The summed E-state index contributed by atoms with van der Waals surface area (Å²) in [6, 6.07) is 14.3. The van der Waals surface area contributed by atoms with Crippen LogP contribution in [0.4, 0.5) is 14.5 Å². The first-order chi connectivity index (χ1) is 15.1. The molecule has 0 saturated heterocycles. The normalized spacial score (nSPS) is 14.4. The molecule has 2 heterocycles. The van der Waals surface area contributed by atoms with Gasteiger partial charge in [0.1, 0.15) is 5.71 Å². The molecule has 0 aliphatic carbocycles. The first-order valence-corrected chi connectivity index (χ1v) is 11.6. The smallest absolute Gasteiger partial charge is 0.278 e. The third-order valence-corrected chi connectivity index (χ3v) is 6.11. The van der Waals surface area contributed by atoms with Gasteiger partial charge in [-0.25, -0.2) is 14.0 Å². The van der Waals surface area contributed by atoms with Crippen LogP contribution in [0.5, 0.6) is 0 Å². The molecule has 4 rings (SSSR count). The van der Waals surface area contributed by atoms with E-state index in [1.807, 2.05) is 44.4 Å². The lowest BCUT2D eigenvalue weighted by atomic mass is 9.49. The number of alkyl halides is 2. The van der Waals surface area contributed by atoms with E-state index < -0.39 is 6.43 Å². The summed E-state index contributed by atoms with van der Waals surface area (Å²) < 4.78 is 27.7. The minimum Gasteiger partial charge on any atom is -0.312 e. The second-order valence-electron chi connectivity index (χ2n) is 7.22. The zero-order valence-electron chi connectivity index (χ0n) is 18.0. The quantitative estimate of drug-likeness (QED) is 0.439. The number of fused-ring (bicyclic) bond motifs is 1. The molecule has 2 aromatic carbocycles. The molecular weight excluding hydrogens is 413 g/mol. The summed E-state index contributed by atoms with van der Waals surface area (Å²) in [5.74, 6) is 2.37. The maximum absolute atomic E-state index is 12.7. The highest BCUT2D eigenvalue weighted by Crippen LogP contribution is 2.30. The molecule has 2 aromatic rings. The van der Waals surface area contributed by atoms with E-state index in [0.717, 1.165) is 29.5 Å². The fourth-order valence-corrected chi connectivity index (χ4v) is 4.33. The number of hydrogen-bond acceptors (Lipinski definition) is 5. The van der Waals surface area contributed by atoms with Crippen LogP contribution in [0.3, 0.4) is 0 Å². The summed E-state index contributed by atoms with van der Waals surface area (Å²) in [6.07, 6.45) is 1.25. The van der Waals surface area contributed by atoms with Crippen LogP contribution in [-0.4, -0.2) is 30.8 Å². The summed E-state index contributed by atoms with van der Waals surface area (Å²) in [6.45, 7) is 4.80. The lowest BCUT2D eigenvalue weighted by Gasteiger charge is -2.22. The highest BCUT2D eigenvalue weighted by molar-refractivity contribution is 7.99. The van der Waals surface area contributed by atoms with Crippen LogP contribution in [0.1, 0.15) is 42.5 Å². The summed E-state index contributed by atoms with van der Waals surface area (Å²) in [7, 11) is 0. The van der Waals surface area contributed by atoms with Gasteiger partial charge >= 0.3 is 0 Å². The van der Waals surface area contributed by atoms with E-state index in [4.69, 9.17) is 0 Å². The van der Waals surface area contributed by atoms with Gasteiger partial charge < -0.3 is 4.31 Å². The van der Waals surface area contributed by atoms with Gasteiger partial charge in [-0.2, -0.15) is 10.2 Å². The van der Waals surface area contributed by atoms with Gasteiger partial charge in [0.05, 0.1) is 12.3 Å². The van der Waals surface area contributed by atoms with Crippen LogP contribution in [0.25, 0.3) is 0 Å². The molecule has 0 N–H and O–H groups in total. The van der Waals surface area contributed by atoms with Crippen molar-refractivity contribution in [1.82, 2.24) is 0 Å². The number of rotatable bonds is 6. The summed E-state index contributed by atoms with van der Waals surface area (Å²) in [4.78, 5) is 0. The molecule has 0 amide bonds. The molecule has 0 spiro atoms. The number of anilines is 1. The SMILES string of the molecule is CC.CSN(Cc1ccc(C2=NN=C(C(F)F)C2)cc1)c1ccc2c(c1)CB(C#N)C2. The molecule has 8 heteroatoms. The van der Waals surface area contributed by atoms with Gasteiger partial charge in [-0.1, -0.05) is 61.7 Å². The standard InChI is InChI=1S/C21H19BF2N4S.C2H6/c1-29-28(18-7-6-16-10-22(13-25)11-17(16)8-18)12-14-2-4-15(5-3-14)19-9-20(21(23)24)27-26-19;1-2/h2-8,21H,9-12H2,1H3;1-2H3. The minimum absolute atomic E-state index is 0.0867. The Bertz CT molecular complexity index is 1020. The molecule has 31 heavy (non-hydrogen) atoms. The van der Waals surface area contributed by atoms with Gasteiger partial charge in [0.15, 0.2) is 0 Å². The van der Waals surface area contributed by atoms with Crippen LogP contribution >= 0.6 is 11.9 Å². The maximum Gasteiger partial charge on any atom is 0.278 e. The van der Waals surface area contributed by atoms with E-state index in [0.29, 0.717) is 12.3 Å². The lowest BCUT2D eigenvalue weighted by molar-refractivity contribution is 0.224. The van der Waals surface area contributed by atoms with Crippen molar-refractivity contribution in [3.8, 4) is 5.97 Å². The van der Waals surface area contributed by atoms with Crippen LogP contribution in [0.15, 0.2) is 52.7 Å². The molecule has 0 unspecified atom stereocenters. The van der Waals surface area contributed by atoms with Gasteiger partial charge in [-0.05, 0) is 41.5 Å².